The fourth-order valence-corrected chi connectivity index (χ4v) is 1.98. The zero-order chi connectivity index (χ0) is 9.42. The van der Waals surface area contributed by atoms with E-state index < -0.39 is 0 Å². The Morgan fingerprint density at radius 3 is 3.15 bits per heavy atom. The lowest BCUT2D eigenvalue weighted by atomic mass is 10.0. The van der Waals surface area contributed by atoms with Gasteiger partial charge >= 0.3 is 0 Å². The number of halogens is 1. The molecule has 2 rings (SSSR count). The van der Waals surface area contributed by atoms with E-state index in [1.165, 1.54) is 0 Å². The van der Waals surface area contributed by atoms with E-state index in [1.807, 2.05) is 4.57 Å². The van der Waals surface area contributed by atoms with Crippen molar-refractivity contribution in [2.75, 3.05) is 0 Å². The van der Waals surface area contributed by atoms with Crippen molar-refractivity contribution in [1.82, 2.24) is 9.55 Å². The summed E-state index contributed by atoms with van der Waals surface area (Å²) >= 11 is 5.98. The molecular weight excluding hydrogens is 188 g/mol. The summed E-state index contributed by atoms with van der Waals surface area (Å²) in [7, 11) is 0. The van der Waals surface area contributed by atoms with E-state index in [4.69, 9.17) is 11.6 Å². The second-order valence-corrected chi connectivity index (χ2v) is 3.93. The highest BCUT2D eigenvalue weighted by atomic mass is 35.5. The molecule has 1 aliphatic rings. The van der Waals surface area contributed by atoms with Gasteiger partial charge in [-0.15, -0.1) is 0 Å². The third-order valence-corrected chi connectivity index (χ3v) is 2.87. The van der Waals surface area contributed by atoms with Gasteiger partial charge in [-0.25, -0.2) is 4.98 Å². The molecule has 0 fully saturated rings. The number of aromatic nitrogens is 2. The molecule has 2 heterocycles. The van der Waals surface area contributed by atoms with Crippen LogP contribution in [0.15, 0.2) is 0 Å². The van der Waals surface area contributed by atoms with Crippen LogP contribution in [0.1, 0.15) is 29.7 Å². The second-order valence-electron chi connectivity index (χ2n) is 3.58. The summed E-state index contributed by atoms with van der Waals surface area (Å²) in [6.07, 6.45) is 2.78. The predicted octanol–water partition coefficient (Wildman–Crippen LogP) is 1.93. The van der Waals surface area contributed by atoms with Crippen LogP contribution in [0, 0.1) is 5.92 Å². The van der Waals surface area contributed by atoms with Crippen LogP contribution in [0.4, 0.5) is 0 Å². The molecule has 0 bridgehead atoms. The Morgan fingerprint density at radius 2 is 2.46 bits per heavy atom. The molecule has 0 N–H and O–H groups in total. The van der Waals surface area contributed by atoms with Gasteiger partial charge < -0.3 is 4.57 Å². The normalized spacial score (nSPS) is 21.2. The second kappa shape index (κ2) is 3.14. The Bertz CT molecular complexity index is 346. The molecule has 1 aromatic heterocycles. The van der Waals surface area contributed by atoms with Crippen molar-refractivity contribution < 1.29 is 4.79 Å². The number of carbonyl (C=O) groups excluding carboxylic acids is 1. The van der Waals surface area contributed by atoms with Gasteiger partial charge in [0.15, 0.2) is 6.29 Å². The Balaban J connectivity index is 2.45. The SMILES string of the molecule is CC1CCc2nc(C=O)c(Cl)n2C1. The number of aldehydes is 1. The average molecular weight is 199 g/mol. The van der Waals surface area contributed by atoms with Crippen LogP contribution in [0.5, 0.6) is 0 Å². The molecule has 1 aliphatic heterocycles. The Kier molecular flexibility index (Phi) is 2.12. The molecule has 13 heavy (non-hydrogen) atoms. The highest BCUT2D eigenvalue weighted by Gasteiger charge is 2.21. The van der Waals surface area contributed by atoms with E-state index in [-0.39, 0.29) is 0 Å². The largest absolute Gasteiger partial charge is 0.318 e. The van der Waals surface area contributed by atoms with Crippen LogP contribution in [0.25, 0.3) is 0 Å². The summed E-state index contributed by atoms with van der Waals surface area (Å²) in [6.45, 7) is 3.06. The maximum Gasteiger partial charge on any atom is 0.171 e. The van der Waals surface area contributed by atoms with Gasteiger partial charge in [0.25, 0.3) is 0 Å². The highest BCUT2D eigenvalue weighted by molar-refractivity contribution is 6.31. The van der Waals surface area contributed by atoms with Crippen LogP contribution in [-0.4, -0.2) is 15.8 Å². The number of imidazole rings is 1. The Hall–Kier alpha value is -0.830. The van der Waals surface area contributed by atoms with Gasteiger partial charge in [0.05, 0.1) is 0 Å². The van der Waals surface area contributed by atoms with Crippen molar-refractivity contribution in [3.63, 3.8) is 0 Å². The summed E-state index contributed by atoms with van der Waals surface area (Å²) in [6, 6.07) is 0. The smallest absolute Gasteiger partial charge is 0.171 e. The first-order valence-corrected chi connectivity index (χ1v) is 4.80. The van der Waals surface area contributed by atoms with Crippen LogP contribution in [0.2, 0.25) is 5.15 Å². The van der Waals surface area contributed by atoms with E-state index in [9.17, 15) is 4.79 Å². The zero-order valence-electron chi connectivity index (χ0n) is 7.46. The van der Waals surface area contributed by atoms with Crippen molar-refractivity contribution in [1.29, 1.82) is 0 Å². The van der Waals surface area contributed by atoms with Crippen LogP contribution in [0.3, 0.4) is 0 Å². The monoisotopic (exact) mass is 198 g/mol. The summed E-state index contributed by atoms with van der Waals surface area (Å²) in [5.74, 6) is 1.57. The lowest BCUT2D eigenvalue weighted by Gasteiger charge is -2.20. The number of rotatable bonds is 1. The molecule has 0 saturated carbocycles. The molecule has 0 spiro atoms. The predicted molar refractivity (Wildman–Crippen MR) is 50.1 cm³/mol. The van der Waals surface area contributed by atoms with Crippen molar-refractivity contribution in [2.45, 2.75) is 26.3 Å². The molecule has 0 aliphatic carbocycles. The summed E-state index contributed by atoms with van der Waals surface area (Å²) in [5.41, 5.74) is 0.380. The number of hydrogen-bond acceptors (Lipinski definition) is 2. The van der Waals surface area contributed by atoms with E-state index in [0.717, 1.165) is 31.5 Å². The van der Waals surface area contributed by atoms with Gasteiger partial charge in [-0.3, -0.25) is 4.79 Å². The summed E-state index contributed by atoms with van der Waals surface area (Å²) in [5, 5.41) is 0.497. The van der Waals surface area contributed by atoms with Crippen LogP contribution in [-0.2, 0) is 13.0 Å². The third kappa shape index (κ3) is 1.37. The average Bonchev–Trinajstić information content (AvgIpc) is 2.44. The van der Waals surface area contributed by atoms with E-state index in [2.05, 4.69) is 11.9 Å². The lowest BCUT2D eigenvalue weighted by molar-refractivity contribution is 0.111. The fourth-order valence-electron chi connectivity index (χ4n) is 1.73. The van der Waals surface area contributed by atoms with Gasteiger partial charge in [0, 0.05) is 13.0 Å². The molecule has 1 unspecified atom stereocenters. The first-order chi connectivity index (χ1) is 6.22. The summed E-state index contributed by atoms with van der Waals surface area (Å²) in [4.78, 5) is 14.7. The Labute approximate surface area is 81.7 Å². The quantitative estimate of drug-likeness (QED) is 0.647. The number of hydrogen-bond donors (Lipinski definition) is 0. The van der Waals surface area contributed by atoms with Gasteiger partial charge in [-0.05, 0) is 12.3 Å². The molecule has 0 radical (unpaired) electrons. The standard InChI is InChI=1S/C9H11ClN2O/c1-6-2-3-8-11-7(5-13)9(10)12(8)4-6/h5-6H,2-4H2,1H3. The zero-order valence-corrected chi connectivity index (χ0v) is 8.21. The van der Waals surface area contributed by atoms with Crippen LogP contribution >= 0.6 is 11.6 Å². The fraction of sp³-hybridized carbons (Fsp3) is 0.556. The highest BCUT2D eigenvalue weighted by Crippen LogP contribution is 2.25. The van der Waals surface area contributed by atoms with Crippen molar-refractivity contribution in [2.24, 2.45) is 5.92 Å². The Morgan fingerprint density at radius 1 is 1.69 bits per heavy atom. The first-order valence-electron chi connectivity index (χ1n) is 4.42. The number of aryl methyl sites for hydroxylation is 1. The summed E-state index contributed by atoms with van der Waals surface area (Å²) < 4.78 is 1.94. The van der Waals surface area contributed by atoms with Crippen molar-refractivity contribution >= 4 is 17.9 Å². The molecule has 70 valence electrons. The van der Waals surface area contributed by atoms with Gasteiger partial charge in [-0.1, -0.05) is 18.5 Å². The van der Waals surface area contributed by atoms with E-state index in [1.54, 1.807) is 0 Å². The third-order valence-electron chi connectivity index (χ3n) is 2.48. The van der Waals surface area contributed by atoms with Crippen molar-refractivity contribution in [3.8, 4) is 0 Å². The van der Waals surface area contributed by atoms with Crippen molar-refractivity contribution in [3.05, 3.63) is 16.7 Å². The minimum Gasteiger partial charge on any atom is -0.318 e. The first kappa shape index (κ1) is 8.75. The maximum atomic E-state index is 10.6. The molecule has 1 aromatic rings. The molecule has 0 aromatic carbocycles. The van der Waals surface area contributed by atoms with Crippen LogP contribution < -0.4 is 0 Å². The van der Waals surface area contributed by atoms with Gasteiger partial charge in [0.1, 0.15) is 16.7 Å². The van der Waals surface area contributed by atoms with Gasteiger partial charge in [-0.2, -0.15) is 0 Å². The molecule has 3 nitrogen and oxygen atoms in total. The van der Waals surface area contributed by atoms with Gasteiger partial charge in [0.2, 0.25) is 0 Å². The molecule has 4 heteroatoms. The van der Waals surface area contributed by atoms with E-state index in [0.29, 0.717) is 16.8 Å². The molecule has 1 atom stereocenters. The number of carbonyl (C=O) groups is 1. The van der Waals surface area contributed by atoms with E-state index >= 15 is 0 Å². The molecule has 0 amide bonds. The number of fused-ring (bicyclic) bond motifs is 1. The lowest BCUT2D eigenvalue weighted by Crippen LogP contribution is -2.17. The minimum absolute atomic E-state index is 0.380. The maximum absolute atomic E-state index is 10.6. The topological polar surface area (TPSA) is 34.9 Å². The molecular formula is C9H11ClN2O. The number of nitrogens with zero attached hydrogens (tertiary/aromatic N) is 2. The molecule has 0 saturated heterocycles. The minimum atomic E-state index is 0.380.